The van der Waals surface area contributed by atoms with Gasteiger partial charge in [0.05, 0.1) is 18.2 Å². The molecule has 1 aliphatic rings. The van der Waals surface area contributed by atoms with Gasteiger partial charge in [-0.25, -0.2) is 4.39 Å². The van der Waals surface area contributed by atoms with Gasteiger partial charge in [0, 0.05) is 30.1 Å². The molecule has 0 saturated carbocycles. The van der Waals surface area contributed by atoms with Crippen molar-refractivity contribution in [1.29, 1.82) is 0 Å². The molecule has 1 aliphatic heterocycles. The van der Waals surface area contributed by atoms with E-state index in [9.17, 15) is 19.1 Å². The largest absolute Gasteiger partial charge is 0.507 e. The monoisotopic (exact) mass is 474 g/mol. The summed E-state index contributed by atoms with van der Waals surface area (Å²) in [5, 5.41) is 11.3. The third kappa shape index (κ3) is 4.94. The van der Waals surface area contributed by atoms with E-state index in [4.69, 9.17) is 4.74 Å². The summed E-state index contributed by atoms with van der Waals surface area (Å²) in [6.45, 7) is 6.44. The minimum Gasteiger partial charge on any atom is -0.507 e. The van der Waals surface area contributed by atoms with Gasteiger partial charge < -0.3 is 14.7 Å². The van der Waals surface area contributed by atoms with Crippen molar-refractivity contribution in [2.75, 3.05) is 6.61 Å². The molecular weight excluding hydrogens is 447 g/mol. The molecule has 3 aromatic rings. The highest BCUT2D eigenvalue weighted by molar-refractivity contribution is 6.46. The number of carbonyl (C=O) groups is 2. The van der Waals surface area contributed by atoms with E-state index in [1.165, 1.54) is 23.1 Å². The van der Waals surface area contributed by atoms with Crippen LogP contribution < -0.4 is 4.74 Å². The first-order valence-electron chi connectivity index (χ1n) is 11.4. The van der Waals surface area contributed by atoms with Crippen LogP contribution in [0.3, 0.4) is 0 Å². The van der Waals surface area contributed by atoms with E-state index in [0.29, 0.717) is 35.0 Å². The molecule has 180 valence electrons. The van der Waals surface area contributed by atoms with Crippen LogP contribution in [0, 0.1) is 18.7 Å². The summed E-state index contributed by atoms with van der Waals surface area (Å²) in [5.74, 6) is -1.61. The molecule has 1 fully saturated rings. The van der Waals surface area contributed by atoms with Gasteiger partial charge in [-0.3, -0.25) is 14.6 Å². The lowest BCUT2D eigenvalue weighted by Gasteiger charge is -2.25. The summed E-state index contributed by atoms with van der Waals surface area (Å²) in [6, 6.07) is 13.5. The molecule has 0 spiro atoms. The molecule has 35 heavy (non-hydrogen) atoms. The van der Waals surface area contributed by atoms with Crippen LogP contribution in [0.25, 0.3) is 5.76 Å². The molecular formula is C28H27FN2O4. The normalized spacial score (nSPS) is 17.3. The summed E-state index contributed by atoms with van der Waals surface area (Å²) < 4.78 is 20.7. The number of amides is 1. The minimum absolute atomic E-state index is 0.0369. The summed E-state index contributed by atoms with van der Waals surface area (Å²) >= 11 is 0. The molecule has 0 radical (unpaired) electrons. The van der Waals surface area contributed by atoms with Gasteiger partial charge >= 0.3 is 0 Å². The molecule has 1 saturated heterocycles. The van der Waals surface area contributed by atoms with Gasteiger partial charge in [0.15, 0.2) is 0 Å². The molecule has 1 aromatic heterocycles. The molecule has 1 unspecified atom stereocenters. The number of hydrogen-bond acceptors (Lipinski definition) is 5. The van der Waals surface area contributed by atoms with Crippen LogP contribution >= 0.6 is 0 Å². The van der Waals surface area contributed by atoms with Crippen LogP contribution in [0.2, 0.25) is 0 Å². The number of hydrogen-bond donors (Lipinski definition) is 1. The fourth-order valence-corrected chi connectivity index (χ4v) is 4.15. The first-order valence-corrected chi connectivity index (χ1v) is 11.4. The number of pyridine rings is 1. The van der Waals surface area contributed by atoms with E-state index in [2.05, 4.69) is 4.98 Å². The highest BCUT2D eigenvalue weighted by Gasteiger charge is 2.47. The number of rotatable bonds is 7. The number of aliphatic hydroxyl groups excluding tert-OH is 1. The van der Waals surface area contributed by atoms with E-state index in [-0.39, 0.29) is 23.4 Å². The predicted octanol–water partition coefficient (Wildman–Crippen LogP) is 5.19. The number of halogens is 1. The van der Waals surface area contributed by atoms with E-state index >= 15 is 0 Å². The standard InChI is InChI=1S/C28H27FN2O4/c1-17(2)16-35-20-10-11-21(18(3)13-20)26(32)24-25(22-8-4-5-9-23(22)29)31(28(34)27(24)33)15-19-7-6-12-30-14-19/h4-14,17,25,32H,15-16H2,1-3H3/b26-24+. The predicted molar refractivity (Wildman–Crippen MR) is 130 cm³/mol. The molecule has 2 aromatic carbocycles. The Morgan fingerprint density at radius 1 is 1.14 bits per heavy atom. The number of ketones is 1. The SMILES string of the molecule is Cc1cc(OCC(C)C)ccc1/C(O)=C1\C(=O)C(=O)N(Cc2cccnc2)C1c1ccccc1F. The lowest BCUT2D eigenvalue weighted by atomic mass is 9.93. The third-order valence-electron chi connectivity index (χ3n) is 5.85. The number of aliphatic hydroxyl groups is 1. The van der Waals surface area contributed by atoms with E-state index in [1.807, 2.05) is 13.8 Å². The van der Waals surface area contributed by atoms with Gasteiger partial charge in [-0.15, -0.1) is 0 Å². The lowest BCUT2D eigenvalue weighted by Crippen LogP contribution is -2.29. The van der Waals surface area contributed by atoms with Crippen molar-refractivity contribution in [1.82, 2.24) is 9.88 Å². The van der Waals surface area contributed by atoms with Crippen molar-refractivity contribution in [2.45, 2.75) is 33.4 Å². The molecule has 1 atom stereocenters. The second-order valence-electron chi connectivity index (χ2n) is 8.99. The van der Waals surface area contributed by atoms with Crippen LogP contribution in [0.1, 0.15) is 42.1 Å². The van der Waals surface area contributed by atoms with Gasteiger partial charge in [0.2, 0.25) is 0 Å². The van der Waals surface area contributed by atoms with Crippen molar-refractivity contribution < 1.29 is 23.8 Å². The zero-order valence-corrected chi connectivity index (χ0v) is 19.9. The molecule has 0 aliphatic carbocycles. The smallest absolute Gasteiger partial charge is 0.295 e. The van der Waals surface area contributed by atoms with Gasteiger partial charge in [-0.1, -0.05) is 38.1 Å². The Morgan fingerprint density at radius 3 is 2.57 bits per heavy atom. The Bertz CT molecular complexity index is 1290. The van der Waals surface area contributed by atoms with E-state index < -0.39 is 23.5 Å². The second kappa shape index (κ2) is 10.1. The number of likely N-dealkylation sites (tertiary alicyclic amines) is 1. The fourth-order valence-electron chi connectivity index (χ4n) is 4.15. The Hall–Kier alpha value is -4.00. The summed E-state index contributed by atoms with van der Waals surface area (Å²) in [5.41, 5.74) is 1.70. The van der Waals surface area contributed by atoms with Crippen LogP contribution in [-0.4, -0.2) is 33.3 Å². The molecule has 7 heteroatoms. The molecule has 0 bridgehead atoms. The number of carbonyl (C=O) groups excluding carboxylic acids is 2. The van der Waals surface area contributed by atoms with Gasteiger partial charge in [0.1, 0.15) is 17.3 Å². The first-order chi connectivity index (χ1) is 16.8. The third-order valence-corrected chi connectivity index (χ3v) is 5.85. The average Bonchev–Trinajstić information content (AvgIpc) is 3.08. The molecule has 4 rings (SSSR count). The number of nitrogens with zero attached hydrogens (tertiary/aromatic N) is 2. The van der Waals surface area contributed by atoms with Crippen molar-refractivity contribution in [3.05, 3.63) is 101 Å². The lowest BCUT2D eigenvalue weighted by molar-refractivity contribution is -0.140. The van der Waals surface area contributed by atoms with Gasteiger partial charge in [-0.05, 0) is 54.3 Å². The van der Waals surface area contributed by atoms with Crippen LogP contribution in [0.15, 0.2) is 72.6 Å². The maximum atomic E-state index is 14.9. The number of ether oxygens (including phenoxy) is 1. The van der Waals surface area contributed by atoms with Crippen LogP contribution in [0.4, 0.5) is 4.39 Å². The summed E-state index contributed by atoms with van der Waals surface area (Å²) in [7, 11) is 0. The van der Waals surface area contributed by atoms with E-state index in [1.54, 1.807) is 55.7 Å². The molecule has 2 heterocycles. The molecule has 1 N–H and O–H groups in total. The van der Waals surface area contributed by atoms with Crippen molar-refractivity contribution in [3.8, 4) is 5.75 Å². The van der Waals surface area contributed by atoms with Gasteiger partial charge in [0.25, 0.3) is 11.7 Å². The molecule has 6 nitrogen and oxygen atoms in total. The average molecular weight is 475 g/mol. The maximum Gasteiger partial charge on any atom is 0.295 e. The Balaban J connectivity index is 1.81. The Kier molecular flexibility index (Phi) is 6.96. The number of Topliss-reactive ketones (excluding diaryl/α,β-unsaturated/α-hetero) is 1. The number of benzene rings is 2. The minimum atomic E-state index is -1.09. The zero-order valence-electron chi connectivity index (χ0n) is 19.9. The Morgan fingerprint density at radius 2 is 1.91 bits per heavy atom. The second-order valence-corrected chi connectivity index (χ2v) is 8.99. The quantitative estimate of drug-likeness (QED) is 0.290. The number of aromatic nitrogens is 1. The van der Waals surface area contributed by atoms with Crippen LogP contribution in [-0.2, 0) is 16.1 Å². The maximum absolute atomic E-state index is 14.9. The highest BCUT2D eigenvalue weighted by atomic mass is 19.1. The van der Waals surface area contributed by atoms with Crippen molar-refractivity contribution in [3.63, 3.8) is 0 Å². The highest BCUT2D eigenvalue weighted by Crippen LogP contribution is 2.41. The number of aryl methyl sites for hydroxylation is 1. The zero-order chi connectivity index (χ0) is 25.1. The van der Waals surface area contributed by atoms with E-state index in [0.717, 1.165) is 0 Å². The molecule has 1 amide bonds. The van der Waals surface area contributed by atoms with Crippen molar-refractivity contribution in [2.24, 2.45) is 5.92 Å². The summed E-state index contributed by atoms with van der Waals surface area (Å²) in [4.78, 5) is 31.6. The van der Waals surface area contributed by atoms with Crippen LogP contribution in [0.5, 0.6) is 5.75 Å². The van der Waals surface area contributed by atoms with Crippen molar-refractivity contribution >= 4 is 17.4 Å². The Labute approximate surface area is 203 Å². The van der Waals surface area contributed by atoms with Gasteiger partial charge in [-0.2, -0.15) is 0 Å². The topological polar surface area (TPSA) is 79.7 Å². The summed E-state index contributed by atoms with van der Waals surface area (Å²) in [6.07, 6.45) is 3.18. The first kappa shape index (κ1) is 24.1. The fraction of sp³-hybridized carbons (Fsp3) is 0.250.